The molecule has 1 aromatic carbocycles. The number of alkyl halides is 1. The summed E-state index contributed by atoms with van der Waals surface area (Å²) in [4.78, 5) is 11.1. The van der Waals surface area contributed by atoms with E-state index in [0.717, 1.165) is 5.56 Å². The number of benzene rings is 1. The number of halogens is 1. The van der Waals surface area contributed by atoms with Crippen LogP contribution in [0.3, 0.4) is 0 Å². The van der Waals surface area contributed by atoms with E-state index in [1.165, 1.54) is 11.1 Å². The molecule has 0 aliphatic rings. The average molecular weight is 226 g/mol. The maximum Gasteiger partial charge on any atom is 0.235 e. The summed E-state index contributed by atoms with van der Waals surface area (Å²) < 4.78 is 0. The number of rotatable bonds is 3. The highest BCUT2D eigenvalue weighted by molar-refractivity contribution is 6.27. The number of nitrogens with one attached hydrogen (secondary N) is 1. The summed E-state index contributed by atoms with van der Waals surface area (Å²) in [5.41, 5.74) is 3.53. The molecule has 82 valence electrons. The quantitative estimate of drug-likeness (QED) is 0.788. The van der Waals surface area contributed by atoms with Crippen LogP contribution in [0.2, 0.25) is 0 Å². The van der Waals surface area contributed by atoms with Gasteiger partial charge in [-0.05, 0) is 31.9 Å². The third-order valence-corrected chi connectivity index (χ3v) is 2.64. The molecule has 1 amide bonds. The summed E-state index contributed by atoms with van der Waals surface area (Å²) >= 11 is 5.44. The van der Waals surface area contributed by atoms with Crippen molar-refractivity contribution in [3.63, 3.8) is 0 Å². The van der Waals surface area contributed by atoms with Crippen LogP contribution in [-0.2, 0) is 4.79 Å². The van der Waals surface area contributed by atoms with Gasteiger partial charge in [-0.1, -0.05) is 23.8 Å². The largest absolute Gasteiger partial charge is 0.349 e. The lowest BCUT2D eigenvalue weighted by Gasteiger charge is -2.16. The van der Waals surface area contributed by atoms with Gasteiger partial charge in [-0.25, -0.2) is 0 Å². The fourth-order valence-corrected chi connectivity index (χ4v) is 1.66. The molecule has 0 fully saturated rings. The second-order valence-electron chi connectivity index (χ2n) is 3.78. The van der Waals surface area contributed by atoms with Gasteiger partial charge in [-0.15, -0.1) is 11.6 Å². The van der Waals surface area contributed by atoms with E-state index in [-0.39, 0.29) is 17.8 Å². The highest BCUT2D eigenvalue weighted by atomic mass is 35.5. The summed E-state index contributed by atoms with van der Waals surface area (Å²) in [6, 6.07) is 6.23. The van der Waals surface area contributed by atoms with Crippen molar-refractivity contribution in [2.75, 3.05) is 5.88 Å². The van der Waals surface area contributed by atoms with Crippen molar-refractivity contribution in [3.05, 3.63) is 34.9 Å². The third-order valence-electron chi connectivity index (χ3n) is 2.40. The van der Waals surface area contributed by atoms with E-state index < -0.39 is 0 Å². The highest BCUT2D eigenvalue weighted by Gasteiger charge is 2.10. The van der Waals surface area contributed by atoms with Crippen LogP contribution in [0.15, 0.2) is 18.2 Å². The Morgan fingerprint density at radius 1 is 1.47 bits per heavy atom. The van der Waals surface area contributed by atoms with E-state index in [0.29, 0.717) is 0 Å². The van der Waals surface area contributed by atoms with Crippen LogP contribution in [-0.4, -0.2) is 11.8 Å². The van der Waals surface area contributed by atoms with Gasteiger partial charge in [0.25, 0.3) is 0 Å². The summed E-state index contributed by atoms with van der Waals surface area (Å²) in [7, 11) is 0. The SMILES string of the molecule is Cc1ccc(C)c([C@H](C)NC(=O)CCl)c1. The van der Waals surface area contributed by atoms with Gasteiger partial charge in [-0.3, -0.25) is 4.79 Å². The number of carbonyl (C=O) groups excluding carboxylic acids is 1. The highest BCUT2D eigenvalue weighted by Crippen LogP contribution is 2.18. The predicted octanol–water partition coefficient (Wildman–Crippen LogP) is 2.72. The van der Waals surface area contributed by atoms with Gasteiger partial charge in [-0.2, -0.15) is 0 Å². The Labute approximate surface area is 95.6 Å². The molecular formula is C12H16ClNO. The first kappa shape index (κ1) is 12.1. The molecule has 0 saturated heterocycles. The first-order chi connectivity index (χ1) is 7.04. The van der Waals surface area contributed by atoms with Gasteiger partial charge in [0.1, 0.15) is 5.88 Å². The minimum atomic E-state index is -0.134. The number of aryl methyl sites for hydroxylation is 2. The lowest BCUT2D eigenvalue weighted by Crippen LogP contribution is -2.27. The van der Waals surface area contributed by atoms with Crippen LogP contribution in [0, 0.1) is 13.8 Å². The number of carbonyl (C=O) groups is 1. The van der Waals surface area contributed by atoms with Crippen molar-refractivity contribution in [1.82, 2.24) is 5.32 Å². The monoisotopic (exact) mass is 225 g/mol. The van der Waals surface area contributed by atoms with E-state index in [9.17, 15) is 4.79 Å². The lowest BCUT2D eigenvalue weighted by atomic mass is 10.00. The molecule has 0 aliphatic carbocycles. The van der Waals surface area contributed by atoms with Crippen molar-refractivity contribution >= 4 is 17.5 Å². The fraction of sp³-hybridized carbons (Fsp3) is 0.417. The van der Waals surface area contributed by atoms with Crippen LogP contribution in [0.1, 0.15) is 29.7 Å². The van der Waals surface area contributed by atoms with Gasteiger partial charge in [0.2, 0.25) is 5.91 Å². The van der Waals surface area contributed by atoms with Crippen molar-refractivity contribution in [3.8, 4) is 0 Å². The maximum absolute atomic E-state index is 11.1. The van der Waals surface area contributed by atoms with Gasteiger partial charge >= 0.3 is 0 Å². The van der Waals surface area contributed by atoms with Crippen LogP contribution in [0.4, 0.5) is 0 Å². The third kappa shape index (κ3) is 3.24. The molecule has 0 saturated carbocycles. The Kier molecular flexibility index (Phi) is 4.15. The van der Waals surface area contributed by atoms with Crippen LogP contribution in [0.5, 0.6) is 0 Å². The second kappa shape index (κ2) is 5.17. The van der Waals surface area contributed by atoms with Crippen molar-refractivity contribution in [2.24, 2.45) is 0 Å². The zero-order valence-electron chi connectivity index (χ0n) is 9.30. The minimum Gasteiger partial charge on any atom is -0.349 e. The van der Waals surface area contributed by atoms with Crippen molar-refractivity contribution < 1.29 is 4.79 Å². The predicted molar refractivity (Wildman–Crippen MR) is 63.2 cm³/mol. The van der Waals surface area contributed by atoms with Gasteiger partial charge in [0.15, 0.2) is 0 Å². The molecule has 0 radical (unpaired) electrons. The van der Waals surface area contributed by atoms with Crippen LogP contribution >= 0.6 is 11.6 Å². The van der Waals surface area contributed by atoms with Gasteiger partial charge < -0.3 is 5.32 Å². The van der Waals surface area contributed by atoms with Crippen LogP contribution in [0.25, 0.3) is 0 Å². The van der Waals surface area contributed by atoms with Crippen molar-refractivity contribution in [2.45, 2.75) is 26.8 Å². The number of amides is 1. The lowest BCUT2D eigenvalue weighted by molar-refractivity contribution is -0.119. The molecular weight excluding hydrogens is 210 g/mol. The Morgan fingerprint density at radius 2 is 2.13 bits per heavy atom. The maximum atomic E-state index is 11.1. The first-order valence-corrected chi connectivity index (χ1v) is 5.50. The fourth-order valence-electron chi connectivity index (χ4n) is 1.58. The Morgan fingerprint density at radius 3 is 2.73 bits per heavy atom. The zero-order valence-corrected chi connectivity index (χ0v) is 10.1. The normalized spacial score (nSPS) is 12.3. The Bertz CT molecular complexity index is 363. The van der Waals surface area contributed by atoms with Crippen molar-refractivity contribution in [1.29, 1.82) is 0 Å². The van der Waals surface area contributed by atoms with Gasteiger partial charge in [0, 0.05) is 0 Å². The van der Waals surface area contributed by atoms with Gasteiger partial charge in [0.05, 0.1) is 6.04 Å². The Balaban J connectivity index is 2.85. The molecule has 1 atom stereocenters. The summed E-state index contributed by atoms with van der Waals surface area (Å²) in [5.74, 6) is -0.125. The van der Waals surface area contributed by atoms with Crippen LogP contribution < -0.4 is 5.32 Å². The summed E-state index contributed by atoms with van der Waals surface area (Å²) in [5, 5.41) is 2.84. The molecule has 0 bridgehead atoms. The topological polar surface area (TPSA) is 29.1 Å². The minimum absolute atomic E-state index is 0.00913. The molecule has 3 heteroatoms. The smallest absolute Gasteiger partial charge is 0.235 e. The molecule has 2 nitrogen and oxygen atoms in total. The zero-order chi connectivity index (χ0) is 11.4. The number of hydrogen-bond donors (Lipinski definition) is 1. The number of hydrogen-bond acceptors (Lipinski definition) is 1. The molecule has 1 rings (SSSR count). The van der Waals surface area contributed by atoms with E-state index in [1.54, 1.807) is 0 Å². The molecule has 15 heavy (non-hydrogen) atoms. The first-order valence-electron chi connectivity index (χ1n) is 4.97. The standard InChI is InChI=1S/C12H16ClNO/c1-8-4-5-9(2)11(6-8)10(3)14-12(15)7-13/h4-6,10H,7H2,1-3H3,(H,14,15)/t10-/m0/s1. The molecule has 0 unspecified atom stereocenters. The second-order valence-corrected chi connectivity index (χ2v) is 4.05. The van der Waals surface area contributed by atoms with E-state index >= 15 is 0 Å². The molecule has 0 aliphatic heterocycles. The molecule has 0 aromatic heterocycles. The molecule has 0 spiro atoms. The van der Waals surface area contributed by atoms with E-state index in [2.05, 4.69) is 23.5 Å². The summed E-state index contributed by atoms with van der Waals surface area (Å²) in [6.07, 6.45) is 0. The molecule has 1 N–H and O–H groups in total. The average Bonchev–Trinajstić information content (AvgIpc) is 2.21. The summed E-state index contributed by atoms with van der Waals surface area (Å²) in [6.45, 7) is 6.05. The molecule has 0 heterocycles. The molecule has 1 aromatic rings. The van der Waals surface area contributed by atoms with E-state index in [1.807, 2.05) is 20.8 Å². The Hall–Kier alpha value is -1.02. The van der Waals surface area contributed by atoms with E-state index in [4.69, 9.17) is 11.6 Å².